The molecule has 96 valence electrons. The molecule has 2 N–H and O–H groups in total. The van der Waals surface area contributed by atoms with Crippen molar-refractivity contribution in [2.75, 3.05) is 6.54 Å². The van der Waals surface area contributed by atoms with E-state index in [9.17, 15) is 4.79 Å². The molecule has 1 heterocycles. The molecule has 5 heteroatoms. The molecule has 17 heavy (non-hydrogen) atoms. The summed E-state index contributed by atoms with van der Waals surface area (Å²) in [5, 5.41) is 0. The Morgan fingerprint density at radius 1 is 1.53 bits per heavy atom. The van der Waals surface area contributed by atoms with E-state index in [1.54, 1.807) is 11.3 Å². The first-order valence-electron chi connectivity index (χ1n) is 5.87. The predicted octanol–water partition coefficient (Wildman–Crippen LogP) is 2.99. The standard InChI is InChI=1S/C12H19BrN2OS/c1-3-5-10(14)12(16)15(4-2)8-9-6-7-11(13)17-9/h6-7,10H,3-5,8,14H2,1-2H3/t10-/m0/s1. The molecule has 0 aromatic carbocycles. The van der Waals surface area contributed by atoms with Gasteiger partial charge in [-0.05, 0) is 41.4 Å². The van der Waals surface area contributed by atoms with Gasteiger partial charge in [-0.15, -0.1) is 11.3 Å². The third-order valence-corrected chi connectivity index (χ3v) is 4.19. The zero-order chi connectivity index (χ0) is 12.8. The van der Waals surface area contributed by atoms with Crippen molar-refractivity contribution >= 4 is 33.2 Å². The highest BCUT2D eigenvalue weighted by Gasteiger charge is 2.19. The van der Waals surface area contributed by atoms with E-state index >= 15 is 0 Å². The lowest BCUT2D eigenvalue weighted by molar-refractivity contribution is -0.133. The van der Waals surface area contributed by atoms with Crippen molar-refractivity contribution in [1.82, 2.24) is 4.90 Å². The maximum Gasteiger partial charge on any atom is 0.239 e. The Labute approximate surface area is 115 Å². The van der Waals surface area contributed by atoms with Crippen LogP contribution in [-0.4, -0.2) is 23.4 Å². The summed E-state index contributed by atoms with van der Waals surface area (Å²) in [6.45, 7) is 5.38. The molecule has 0 unspecified atom stereocenters. The summed E-state index contributed by atoms with van der Waals surface area (Å²) < 4.78 is 1.09. The SMILES string of the molecule is CCC[C@H](N)C(=O)N(CC)Cc1ccc(Br)s1. The molecule has 1 atom stereocenters. The number of amides is 1. The average Bonchev–Trinajstić information content (AvgIpc) is 2.71. The van der Waals surface area contributed by atoms with Crippen molar-refractivity contribution < 1.29 is 4.79 Å². The maximum absolute atomic E-state index is 12.1. The van der Waals surface area contributed by atoms with E-state index in [0.717, 1.165) is 16.6 Å². The lowest BCUT2D eigenvalue weighted by Crippen LogP contribution is -2.43. The summed E-state index contributed by atoms with van der Waals surface area (Å²) in [7, 11) is 0. The average molecular weight is 319 g/mol. The summed E-state index contributed by atoms with van der Waals surface area (Å²) in [5.41, 5.74) is 5.87. The zero-order valence-electron chi connectivity index (χ0n) is 10.3. The van der Waals surface area contributed by atoms with Crippen molar-refractivity contribution in [1.29, 1.82) is 0 Å². The van der Waals surface area contributed by atoms with Gasteiger partial charge in [0, 0.05) is 11.4 Å². The molecule has 0 radical (unpaired) electrons. The third-order valence-electron chi connectivity index (χ3n) is 2.59. The first-order chi connectivity index (χ1) is 8.08. The second kappa shape index (κ2) is 7.13. The third kappa shape index (κ3) is 4.41. The van der Waals surface area contributed by atoms with Crippen LogP contribution in [0.2, 0.25) is 0 Å². The highest BCUT2D eigenvalue weighted by atomic mass is 79.9. The Bertz CT molecular complexity index is 367. The first kappa shape index (κ1) is 14.7. The number of carbonyl (C=O) groups excluding carboxylic acids is 1. The number of likely N-dealkylation sites (N-methyl/N-ethyl adjacent to an activating group) is 1. The van der Waals surface area contributed by atoms with E-state index in [0.29, 0.717) is 13.1 Å². The fourth-order valence-electron chi connectivity index (χ4n) is 1.64. The monoisotopic (exact) mass is 318 g/mol. The molecule has 0 fully saturated rings. The number of rotatable bonds is 6. The van der Waals surface area contributed by atoms with Crippen LogP contribution in [0.25, 0.3) is 0 Å². The van der Waals surface area contributed by atoms with Crippen molar-refractivity contribution in [2.45, 2.75) is 39.3 Å². The summed E-state index contributed by atoms with van der Waals surface area (Å²) in [6.07, 6.45) is 1.69. The Hall–Kier alpha value is -0.390. The number of thiophene rings is 1. The van der Waals surface area contributed by atoms with E-state index in [1.807, 2.05) is 30.9 Å². The Kier molecular flexibility index (Phi) is 6.16. The number of hydrogen-bond acceptors (Lipinski definition) is 3. The minimum Gasteiger partial charge on any atom is -0.336 e. The predicted molar refractivity (Wildman–Crippen MR) is 76.0 cm³/mol. The number of halogens is 1. The molecule has 0 saturated heterocycles. The van der Waals surface area contributed by atoms with E-state index in [-0.39, 0.29) is 11.9 Å². The van der Waals surface area contributed by atoms with Crippen molar-refractivity contribution in [2.24, 2.45) is 5.73 Å². The molecule has 0 spiro atoms. The topological polar surface area (TPSA) is 46.3 Å². The van der Waals surface area contributed by atoms with Gasteiger partial charge in [0.25, 0.3) is 0 Å². The molecule has 1 rings (SSSR count). The van der Waals surface area contributed by atoms with Crippen LogP contribution >= 0.6 is 27.3 Å². The minimum atomic E-state index is -0.358. The minimum absolute atomic E-state index is 0.0545. The number of carbonyl (C=O) groups is 1. The molecule has 0 aliphatic heterocycles. The van der Waals surface area contributed by atoms with E-state index < -0.39 is 0 Å². The Balaban J connectivity index is 2.62. The largest absolute Gasteiger partial charge is 0.336 e. The fraction of sp³-hybridized carbons (Fsp3) is 0.583. The molecule has 0 aliphatic rings. The van der Waals surface area contributed by atoms with E-state index in [2.05, 4.69) is 15.9 Å². The van der Waals surface area contributed by atoms with Crippen LogP contribution in [0, 0.1) is 0 Å². The highest BCUT2D eigenvalue weighted by Crippen LogP contribution is 2.23. The van der Waals surface area contributed by atoms with Gasteiger partial charge < -0.3 is 10.6 Å². The van der Waals surface area contributed by atoms with Gasteiger partial charge in [0.05, 0.1) is 16.4 Å². The van der Waals surface area contributed by atoms with Crippen LogP contribution < -0.4 is 5.73 Å². The summed E-state index contributed by atoms with van der Waals surface area (Å²) in [5.74, 6) is 0.0545. The van der Waals surface area contributed by atoms with Gasteiger partial charge in [-0.2, -0.15) is 0 Å². The maximum atomic E-state index is 12.1. The van der Waals surface area contributed by atoms with Crippen molar-refractivity contribution in [3.05, 3.63) is 20.8 Å². The smallest absolute Gasteiger partial charge is 0.239 e. The van der Waals surface area contributed by atoms with E-state index in [1.165, 1.54) is 4.88 Å². The number of hydrogen-bond donors (Lipinski definition) is 1. The van der Waals surface area contributed by atoms with Crippen molar-refractivity contribution in [3.63, 3.8) is 0 Å². The van der Waals surface area contributed by atoms with Gasteiger partial charge in [0.15, 0.2) is 0 Å². The molecule has 3 nitrogen and oxygen atoms in total. The van der Waals surface area contributed by atoms with Crippen LogP contribution in [0.5, 0.6) is 0 Å². The fourth-order valence-corrected chi connectivity index (χ4v) is 3.14. The molecule has 0 bridgehead atoms. The van der Waals surface area contributed by atoms with Crippen LogP contribution in [0.3, 0.4) is 0 Å². The van der Waals surface area contributed by atoms with Crippen LogP contribution in [-0.2, 0) is 11.3 Å². The molecular weight excluding hydrogens is 300 g/mol. The quantitative estimate of drug-likeness (QED) is 0.876. The lowest BCUT2D eigenvalue weighted by Gasteiger charge is -2.23. The zero-order valence-corrected chi connectivity index (χ0v) is 12.7. The van der Waals surface area contributed by atoms with Gasteiger partial charge >= 0.3 is 0 Å². The molecule has 1 aromatic rings. The molecule has 1 aromatic heterocycles. The van der Waals surface area contributed by atoms with Gasteiger partial charge in [0.2, 0.25) is 5.91 Å². The number of nitrogens with two attached hydrogens (primary N) is 1. The Morgan fingerprint density at radius 3 is 2.71 bits per heavy atom. The van der Waals surface area contributed by atoms with Crippen LogP contribution in [0.4, 0.5) is 0 Å². The van der Waals surface area contributed by atoms with Crippen molar-refractivity contribution in [3.8, 4) is 0 Å². The normalized spacial score (nSPS) is 12.5. The lowest BCUT2D eigenvalue weighted by atomic mass is 10.1. The second-order valence-electron chi connectivity index (χ2n) is 3.95. The highest BCUT2D eigenvalue weighted by molar-refractivity contribution is 9.11. The van der Waals surface area contributed by atoms with Gasteiger partial charge in [-0.25, -0.2) is 0 Å². The molecule has 0 aliphatic carbocycles. The second-order valence-corrected chi connectivity index (χ2v) is 6.50. The Morgan fingerprint density at radius 2 is 2.24 bits per heavy atom. The van der Waals surface area contributed by atoms with E-state index in [4.69, 9.17) is 5.73 Å². The molecular formula is C12H19BrN2OS. The molecule has 1 amide bonds. The van der Waals surface area contributed by atoms with Gasteiger partial charge in [-0.3, -0.25) is 4.79 Å². The number of nitrogens with zero attached hydrogens (tertiary/aromatic N) is 1. The van der Waals surface area contributed by atoms with Crippen LogP contribution in [0.15, 0.2) is 15.9 Å². The van der Waals surface area contributed by atoms with Gasteiger partial charge in [0.1, 0.15) is 0 Å². The first-order valence-corrected chi connectivity index (χ1v) is 7.48. The summed E-state index contributed by atoms with van der Waals surface area (Å²) in [4.78, 5) is 15.1. The summed E-state index contributed by atoms with van der Waals surface area (Å²) >= 11 is 5.08. The van der Waals surface area contributed by atoms with Crippen LogP contribution in [0.1, 0.15) is 31.6 Å². The van der Waals surface area contributed by atoms with Gasteiger partial charge in [-0.1, -0.05) is 13.3 Å². The molecule has 0 saturated carbocycles. The summed E-state index contributed by atoms with van der Waals surface area (Å²) in [6, 6.07) is 3.68.